The Balaban J connectivity index is 2.04. The van der Waals surface area contributed by atoms with Gasteiger partial charge in [0.2, 0.25) is 0 Å². The number of carbonyl (C=O) groups excluding carboxylic acids is 2. The van der Waals surface area contributed by atoms with Gasteiger partial charge in [0.1, 0.15) is 23.0 Å². The Morgan fingerprint density at radius 1 is 1.05 bits per heavy atom. The molecular weight excluding hydrogens is 482 g/mol. The number of halogens is 2. The third kappa shape index (κ3) is 5.99. The van der Waals surface area contributed by atoms with Gasteiger partial charge in [-0.1, -0.05) is 48.5 Å². The molecule has 1 amide bonds. The topological polar surface area (TPSA) is 141 Å². The Kier molecular flexibility index (Phi) is 8.69. The van der Waals surface area contributed by atoms with Crippen LogP contribution in [-0.4, -0.2) is 24.3 Å². The molecule has 3 aromatic carbocycles. The average molecular weight is 511 g/mol. The van der Waals surface area contributed by atoms with E-state index in [1.54, 1.807) is 48.5 Å². The second-order valence-electron chi connectivity index (χ2n) is 8.11. The lowest BCUT2D eigenvalue weighted by Gasteiger charge is -2.32. The third-order valence-corrected chi connectivity index (χ3v) is 5.57. The molecular formula is C27H28F2N4O4. The summed E-state index contributed by atoms with van der Waals surface area (Å²) in [6, 6.07) is 15.4. The normalized spacial score (nSPS) is 12.5. The second kappa shape index (κ2) is 11.7. The van der Waals surface area contributed by atoms with Crippen molar-refractivity contribution < 1.29 is 27.8 Å². The Hall–Kier alpha value is -4.15. The highest BCUT2D eigenvalue weighted by Gasteiger charge is 2.49. The van der Waals surface area contributed by atoms with Crippen molar-refractivity contribution in [2.75, 3.05) is 6.61 Å². The molecule has 0 aliphatic carbocycles. The Bertz CT molecular complexity index is 1290. The molecule has 0 aromatic heterocycles. The maximum absolute atomic E-state index is 15.6. The predicted octanol–water partition coefficient (Wildman–Crippen LogP) is 3.44. The predicted molar refractivity (Wildman–Crippen MR) is 134 cm³/mol. The number of benzene rings is 3. The molecule has 1 atom stereocenters. The summed E-state index contributed by atoms with van der Waals surface area (Å²) in [7, 11) is 0. The summed E-state index contributed by atoms with van der Waals surface area (Å²) in [4.78, 5) is 25.4. The van der Waals surface area contributed by atoms with Gasteiger partial charge in [-0.3, -0.25) is 15.0 Å². The minimum absolute atomic E-state index is 0.0850. The Labute approximate surface area is 213 Å². The lowest BCUT2D eigenvalue weighted by atomic mass is 9.95. The van der Waals surface area contributed by atoms with E-state index in [0.29, 0.717) is 22.3 Å². The average Bonchev–Trinajstić information content (AvgIpc) is 2.86. The molecule has 0 fully saturated rings. The van der Waals surface area contributed by atoms with Crippen LogP contribution in [0.25, 0.3) is 11.1 Å². The molecule has 0 bridgehead atoms. The molecule has 3 rings (SSSR count). The van der Waals surface area contributed by atoms with E-state index in [1.807, 2.05) is 0 Å². The zero-order chi connectivity index (χ0) is 27.2. The van der Waals surface area contributed by atoms with Crippen molar-refractivity contribution in [3.63, 3.8) is 0 Å². The van der Waals surface area contributed by atoms with Crippen LogP contribution in [0.2, 0.25) is 0 Å². The smallest absolute Gasteiger partial charge is 0.326 e. The number of ether oxygens (including phenoxy) is 2. The number of nitrogen functional groups attached to an aromatic ring is 1. The minimum atomic E-state index is -2.72. The summed E-state index contributed by atoms with van der Waals surface area (Å²) in [6.07, 6.45) is 0. The fraction of sp³-hybridized carbons (Fsp3) is 0.222. The number of hydrogen-bond donors (Lipinski definition) is 4. The fourth-order valence-electron chi connectivity index (χ4n) is 3.91. The molecule has 37 heavy (non-hydrogen) atoms. The molecule has 0 aliphatic heterocycles. The monoisotopic (exact) mass is 510 g/mol. The first-order chi connectivity index (χ1) is 17.6. The van der Waals surface area contributed by atoms with E-state index >= 15 is 8.78 Å². The van der Waals surface area contributed by atoms with Gasteiger partial charge in [0.15, 0.2) is 0 Å². The number of esters is 1. The van der Waals surface area contributed by atoms with E-state index in [1.165, 1.54) is 6.92 Å². The number of nitrogens with two attached hydrogens (primary N) is 2. The van der Waals surface area contributed by atoms with Gasteiger partial charge in [-0.05, 0) is 41.3 Å². The summed E-state index contributed by atoms with van der Waals surface area (Å²) in [5, 5.41) is 9.98. The molecule has 0 saturated heterocycles. The molecule has 0 radical (unpaired) electrons. The van der Waals surface area contributed by atoms with Crippen LogP contribution in [0.5, 0.6) is 0 Å². The zero-order valence-electron chi connectivity index (χ0n) is 20.4. The van der Waals surface area contributed by atoms with E-state index in [4.69, 9.17) is 26.4 Å². The van der Waals surface area contributed by atoms with Crippen LogP contribution in [0.3, 0.4) is 0 Å². The first kappa shape index (κ1) is 27.4. The summed E-state index contributed by atoms with van der Waals surface area (Å²) >= 11 is 0. The number of amidine groups is 1. The molecule has 3 aromatic rings. The summed E-state index contributed by atoms with van der Waals surface area (Å²) in [5.41, 5.74) is 12.8. The first-order valence-electron chi connectivity index (χ1n) is 11.5. The second-order valence-corrected chi connectivity index (χ2v) is 8.11. The highest BCUT2D eigenvalue weighted by Crippen LogP contribution is 2.36. The van der Waals surface area contributed by atoms with Crippen molar-refractivity contribution in [2.24, 2.45) is 11.5 Å². The molecule has 10 heteroatoms. The van der Waals surface area contributed by atoms with E-state index in [9.17, 15) is 9.59 Å². The highest BCUT2D eigenvalue weighted by atomic mass is 19.1. The molecule has 0 saturated carbocycles. The van der Waals surface area contributed by atoms with Gasteiger partial charge in [0.05, 0.1) is 0 Å². The standard InChI is InChI=1S/C27H28F2N4O4/c1-3-36-27(37-16(2)34,26(35)33-15-17-8-10-18(11-9-17)25(31)32)24-22(28)12-20(13-23(24)29)21-7-5-4-6-19(21)14-30/h4-13H,3,14-15,30H2,1-2H3,(H3,31,32)(H,33,35)/t27-/m0/s1. The maximum Gasteiger partial charge on any atom is 0.326 e. The van der Waals surface area contributed by atoms with Crippen molar-refractivity contribution in [3.05, 3.63) is 94.6 Å². The van der Waals surface area contributed by atoms with Crippen molar-refractivity contribution in [2.45, 2.75) is 32.7 Å². The van der Waals surface area contributed by atoms with Crippen LogP contribution in [0.4, 0.5) is 8.78 Å². The van der Waals surface area contributed by atoms with Crippen molar-refractivity contribution in [1.29, 1.82) is 5.41 Å². The molecule has 0 unspecified atom stereocenters. The van der Waals surface area contributed by atoms with Gasteiger partial charge in [-0.2, -0.15) is 0 Å². The van der Waals surface area contributed by atoms with Crippen LogP contribution >= 0.6 is 0 Å². The lowest BCUT2D eigenvalue weighted by molar-refractivity contribution is -0.233. The first-order valence-corrected chi connectivity index (χ1v) is 11.5. The van der Waals surface area contributed by atoms with Crippen molar-refractivity contribution in [3.8, 4) is 11.1 Å². The van der Waals surface area contributed by atoms with Crippen LogP contribution in [0.1, 0.15) is 36.1 Å². The molecule has 194 valence electrons. The van der Waals surface area contributed by atoms with Gasteiger partial charge in [-0.15, -0.1) is 0 Å². The summed E-state index contributed by atoms with van der Waals surface area (Å²) in [5.74, 6) is -7.18. The van der Waals surface area contributed by atoms with Gasteiger partial charge in [0.25, 0.3) is 5.91 Å². The number of amides is 1. The van der Waals surface area contributed by atoms with Gasteiger partial charge >= 0.3 is 11.8 Å². The largest absolute Gasteiger partial charge is 0.419 e. The molecule has 0 spiro atoms. The van der Waals surface area contributed by atoms with Crippen LogP contribution < -0.4 is 16.8 Å². The van der Waals surface area contributed by atoms with Gasteiger partial charge in [-0.25, -0.2) is 8.78 Å². The lowest BCUT2D eigenvalue weighted by Crippen LogP contribution is -2.50. The summed E-state index contributed by atoms with van der Waals surface area (Å²) in [6.45, 7) is 2.35. The van der Waals surface area contributed by atoms with Gasteiger partial charge in [0, 0.05) is 32.2 Å². The van der Waals surface area contributed by atoms with Crippen LogP contribution in [0, 0.1) is 17.0 Å². The van der Waals surface area contributed by atoms with Crippen LogP contribution in [-0.2, 0) is 37.9 Å². The van der Waals surface area contributed by atoms with E-state index in [2.05, 4.69) is 5.32 Å². The van der Waals surface area contributed by atoms with E-state index in [-0.39, 0.29) is 31.1 Å². The SMILES string of the molecule is CCO[C@@](OC(C)=O)(C(=O)NCc1ccc(C(=N)N)cc1)c1c(F)cc(-c2ccccc2CN)cc1F. The van der Waals surface area contributed by atoms with E-state index in [0.717, 1.165) is 19.1 Å². The number of rotatable bonds is 10. The molecule has 6 N–H and O–H groups in total. The van der Waals surface area contributed by atoms with Gasteiger partial charge < -0.3 is 26.3 Å². The fourth-order valence-corrected chi connectivity index (χ4v) is 3.91. The third-order valence-electron chi connectivity index (χ3n) is 5.57. The number of carbonyl (C=O) groups is 2. The van der Waals surface area contributed by atoms with E-state index < -0.39 is 34.9 Å². The maximum atomic E-state index is 15.6. The number of hydrogen-bond acceptors (Lipinski definition) is 6. The van der Waals surface area contributed by atoms with Crippen LogP contribution in [0.15, 0.2) is 60.7 Å². The minimum Gasteiger partial charge on any atom is -0.419 e. The zero-order valence-corrected chi connectivity index (χ0v) is 20.4. The molecule has 0 heterocycles. The quantitative estimate of drug-likeness (QED) is 0.143. The molecule has 0 aliphatic rings. The van der Waals surface area contributed by atoms with Crippen molar-refractivity contribution in [1.82, 2.24) is 5.32 Å². The highest BCUT2D eigenvalue weighted by molar-refractivity contribution is 5.95. The number of nitrogens with one attached hydrogen (secondary N) is 2. The van der Waals surface area contributed by atoms with Crippen molar-refractivity contribution >= 4 is 17.7 Å². The summed E-state index contributed by atoms with van der Waals surface area (Å²) < 4.78 is 41.9. The Morgan fingerprint density at radius 2 is 1.68 bits per heavy atom. The Morgan fingerprint density at radius 3 is 2.22 bits per heavy atom. The molecule has 8 nitrogen and oxygen atoms in total.